The molecular formula is C24H39N3O3S2. The zero-order valence-corrected chi connectivity index (χ0v) is 21.4. The molecule has 3 rings (SSSR count). The van der Waals surface area contributed by atoms with Gasteiger partial charge in [0.25, 0.3) is 0 Å². The number of piperidine rings is 2. The van der Waals surface area contributed by atoms with Crippen LogP contribution in [0, 0.1) is 18.8 Å². The van der Waals surface area contributed by atoms with Gasteiger partial charge in [-0.2, -0.15) is 16.5 Å². The van der Waals surface area contributed by atoms with Gasteiger partial charge in [0.15, 0.2) is 0 Å². The molecule has 2 saturated heterocycles. The Kier molecular flexibility index (Phi) is 9.46. The van der Waals surface area contributed by atoms with E-state index in [4.69, 9.17) is 0 Å². The minimum atomic E-state index is -3.75. The monoisotopic (exact) mass is 481 g/mol. The van der Waals surface area contributed by atoms with Crippen LogP contribution >= 0.6 is 11.8 Å². The van der Waals surface area contributed by atoms with E-state index in [0.717, 1.165) is 56.3 Å². The lowest BCUT2D eigenvalue weighted by molar-refractivity contribution is -0.135. The topological polar surface area (TPSA) is 69.7 Å². The Morgan fingerprint density at radius 3 is 2.50 bits per heavy atom. The minimum absolute atomic E-state index is 0.0771. The molecular weight excluding hydrogens is 442 g/mol. The van der Waals surface area contributed by atoms with E-state index in [9.17, 15) is 13.2 Å². The van der Waals surface area contributed by atoms with Crippen molar-refractivity contribution in [2.24, 2.45) is 11.8 Å². The number of thioether (sulfide) groups is 1. The van der Waals surface area contributed by atoms with Gasteiger partial charge < -0.3 is 9.80 Å². The van der Waals surface area contributed by atoms with Crippen LogP contribution in [-0.4, -0.2) is 74.9 Å². The van der Waals surface area contributed by atoms with Crippen LogP contribution in [0.15, 0.2) is 29.2 Å². The molecule has 6 nitrogen and oxygen atoms in total. The molecule has 0 saturated carbocycles. The number of hydrogen-bond acceptors (Lipinski definition) is 5. The van der Waals surface area contributed by atoms with Crippen molar-refractivity contribution in [2.75, 3.05) is 44.7 Å². The van der Waals surface area contributed by atoms with Gasteiger partial charge in [0.05, 0.1) is 4.90 Å². The molecule has 2 atom stereocenters. The Morgan fingerprint density at radius 2 is 1.84 bits per heavy atom. The molecule has 2 heterocycles. The highest BCUT2D eigenvalue weighted by molar-refractivity contribution is 7.98. The second-order valence-corrected chi connectivity index (χ2v) is 12.2. The molecule has 0 aromatic heterocycles. The molecule has 2 aliphatic rings. The standard InChI is InChI=1S/C24H39N3O3S2/c1-19-6-8-22(9-7-19)32(29,30)25-23(12-16-31-3)24(28)27-13-4-5-21(18-27)17-26-14-10-20(2)11-15-26/h6-9,20-21,23,25H,4-5,10-18H2,1-3H3. The lowest BCUT2D eigenvalue weighted by Gasteiger charge is -2.39. The maximum atomic E-state index is 13.4. The second-order valence-electron chi connectivity index (χ2n) is 9.54. The van der Waals surface area contributed by atoms with Gasteiger partial charge in [0, 0.05) is 19.6 Å². The summed E-state index contributed by atoms with van der Waals surface area (Å²) in [7, 11) is -3.75. The van der Waals surface area contributed by atoms with Crippen LogP contribution in [0.2, 0.25) is 0 Å². The second kappa shape index (κ2) is 11.9. The van der Waals surface area contributed by atoms with Crippen molar-refractivity contribution in [1.29, 1.82) is 0 Å². The van der Waals surface area contributed by atoms with Crippen LogP contribution in [0.25, 0.3) is 0 Å². The predicted octanol–water partition coefficient (Wildman–Crippen LogP) is 3.37. The van der Waals surface area contributed by atoms with E-state index in [1.807, 2.05) is 18.1 Å². The number of amides is 1. The Bertz CT molecular complexity index is 837. The van der Waals surface area contributed by atoms with Gasteiger partial charge in [-0.05, 0) is 88.1 Å². The lowest BCUT2D eigenvalue weighted by Crippen LogP contribution is -2.52. The Labute approximate surface area is 198 Å². The van der Waals surface area contributed by atoms with E-state index < -0.39 is 16.1 Å². The molecule has 0 radical (unpaired) electrons. The number of hydrogen-bond donors (Lipinski definition) is 1. The third-order valence-corrected chi connectivity index (χ3v) is 8.89. The summed E-state index contributed by atoms with van der Waals surface area (Å²) in [6.45, 7) is 9.04. The molecule has 2 aliphatic heterocycles. The van der Waals surface area contributed by atoms with Crippen LogP contribution in [-0.2, 0) is 14.8 Å². The summed E-state index contributed by atoms with van der Waals surface area (Å²) >= 11 is 1.63. The number of nitrogens with one attached hydrogen (secondary N) is 1. The van der Waals surface area contributed by atoms with Crippen molar-refractivity contribution in [3.8, 4) is 0 Å². The number of aryl methyl sites for hydroxylation is 1. The van der Waals surface area contributed by atoms with Gasteiger partial charge in [-0.1, -0.05) is 24.6 Å². The van der Waals surface area contributed by atoms with Crippen molar-refractivity contribution < 1.29 is 13.2 Å². The predicted molar refractivity (Wildman–Crippen MR) is 132 cm³/mol. The summed E-state index contributed by atoms with van der Waals surface area (Å²) in [6, 6.07) is 6.05. The average Bonchev–Trinajstić information content (AvgIpc) is 2.78. The third-order valence-electron chi connectivity index (χ3n) is 6.76. The first-order valence-electron chi connectivity index (χ1n) is 11.9. The van der Waals surface area contributed by atoms with E-state index in [1.54, 1.807) is 36.0 Å². The van der Waals surface area contributed by atoms with Crippen LogP contribution in [0.1, 0.15) is 44.6 Å². The number of likely N-dealkylation sites (tertiary alicyclic amines) is 2. The normalized spacial score (nSPS) is 22.1. The Morgan fingerprint density at radius 1 is 1.16 bits per heavy atom. The molecule has 0 aliphatic carbocycles. The van der Waals surface area contributed by atoms with Crippen molar-refractivity contribution in [3.63, 3.8) is 0 Å². The van der Waals surface area contributed by atoms with Gasteiger partial charge in [0.2, 0.25) is 15.9 Å². The number of sulfonamides is 1. The first-order valence-corrected chi connectivity index (χ1v) is 14.7. The zero-order valence-electron chi connectivity index (χ0n) is 19.8. The zero-order chi connectivity index (χ0) is 23.1. The number of nitrogens with zero attached hydrogens (tertiary/aromatic N) is 2. The molecule has 1 amide bonds. The highest BCUT2D eigenvalue weighted by atomic mass is 32.2. The van der Waals surface area contributed by atoms with Crippen LogP contribution in [0.5, 0.6) is 0 Å². The van der Waals surface area contributed by atoms with Crippen molar-refractivity contribution in [1.82, 2.24) is 14.5 Å². The molecule has 2 fully saturated rings. The summed E-state index contributed by atoms with van der Waals surface area (Å²) < 4.78 is 28.6. The number of rotatable bonds is 9. The fraction of sp³-hybridized carbons (Fsp3) is 0.708. The van der Waals surface area contributed by atoms with E-state index in [-0.39, 0.29) is 10.8 Å². The fourth-order valence-electron chi connectivity index (χ4n) is 4.69. The molecule has 180 valence electrons. The van der Waals surface area contributed by atoms with E-state index in [0.29, 0.717) is 18.9 Å². The molecule has 0 spiro atoms. The molecule has 0 bridgehead atoms. The quantitative estimate of drug-likeness (QED) is 0.586. The molecule has 1 N–H and O–H groups in total. The summed E-state index contributed by atoms with van der Waals surface area (Å²) in [5.74, 6) is 1.94. The summed E-state index contributed by atoms with van der Waals surface area (Å²) in [5, 5.41) is 0. The van der Waals surface area contributed by atoms with Gasteiger partial charge in [0.1, 0.15) is 6.04 Å². The maximum Gasteiger partial charge on any atom is 0.241 e. The third kappa shape index (κ3) is 7.20. The van der Waals surface area contributed by atoms with E-state index in [2.05, 4.69) is 16.5 Å². The largest absolute Gasteiger partial charge is 0.341 e. The molecule has 32 heavy (non-hydrogen) atoms. The molecule has 1 aromatic carbocycles. The lowest BCUT2D eigenvalue weighted by atomic mass is 9.94. The summed E-state index contributed by atoms with van der Waals surface area (Å²) in [5.41, 5.74) is 1.00. The van der Waals surface area contributed by atoms with E-state index >= 15 is 0 Å². The summed E-state index contributed by atoms with van der Waals surface area (Å²) in [6.07, 6.45) is 7.11. The van der Waals surface area contributed by atoms with Crippen LogP contribution in [0.4, 0.5) is 0 Å². The Balaban J connectivity index is 1.64. The van der Waals surface area contributed by atoms with Crippen LogP contribution < -0.4 is 4.72 Å². The van der Waals surface area contributed by atoms with Gasteiger partial charge in [-0.15, -0.1) is 0 Å². The minimum Gasteiger partial charge on any atom is -0.341 e. The SMILES string of the molecule is CSCCC(NS(=O)(=O)c1ccc(C)cc1)C(=O)N1CCCC(CN2CCC(C)CC2)C1. The first-order chi connectivity index (χ1) is 15.3. The van der Waals surface area contributed by atoms with Crippen LogP contribution in [0.3, 0.4) is 0 Å². The Hall–Kier alpha value is -1.09. The number of benzene rings is 1. The molecule has 2 unspecified atom stereocenters. The number of carbonyl (C=O) groups excluding carboxylic acids is 1. The van der Waals surface area contributed by atoms with Gasteiger partial charge in [-0.25, -0.2) is 8.42 Å². The highest BCUT2D eigenvalue weighted by Gasteiger charge is 2.32. The first kappa shape index (κ1) is 25.5. The van der Waals surface area contributed by atoms with E-state index in [1.165, 1.54) is 12.8 Å². The van der Waals surface area contributed by atoms with Gasteiger partial charge >= 0.3 is 0 Å². The number of carbonyl (C=O) groups is 1. The molecule has 8 heteroatoms. The average molecular weight is 482 g/mol. The smallest absolute Gasteiger partial charge is 0.241 e. The van der Waals surface area contributed by atoms with Gasteiger partial charge in [-0.3, -0.25) is 4.79 Å². The van der Waals surface area contributed by atoms with Crippen molar-refractivity contribution in [2.45, 2.75) is 56.9 Å². The van der Waals surface area contributed by atoms with Crippen molar-refractivity contribution >= 4 is 27.7 Å². The molecule has 1 aromatic rings. The van der Waals surface area contributed by atoms with Crippen molar-refractivity contribution in [3.05, 3.63) is 29.8 Å². The maximum absolute atomic E-state index is 13.4. The summed E-state index contributed by atoms with van der Waals surface area (Å²) in [4.78, 5) is 18.1. The highest BCUT2D eigenvalue weighted by Crippen LogP contribution is 2.23. The fourth-order valence-corrected chi connectivity index (χ4v) is 6.38.